The molecule has 1 aromatic rings. The molecule has 2 aliphatic carbocycles. The lowest BCUT2D eigenvalue weighted by atomic mass is 9.86. The smallest absolute Gasteiger partial charge is 0.0717 e. The maximum absolute atomic E-state index is 10.2. The van der Waals surface area contributed by atoms with E-state index in [9.17, 15) is 5.11 Å². The monoisotopic (exact) mass is 200 g/mol. The van der Waals surface area contributed by atoms with Crippen molar-refractivity contribution in [2.45, 2.75) is 38.2 Å². The molecular weight excluding hydrogens is 184 g/mol. The minimum absolute atomic E-state index is 0.174. The van der Waals surface area contributed by atoms with E-state index in [4.69, 9.17) is 0 Å². The van der Waals surface area contributed by atoms with Crippen LogP contribution in [0.15, 0.2) is 35.4 Å². The topological polar surface area (TPSA) is 20.2 Å². The summed E-state index contributed by atoms with van der Waals surface area (Å²) >= 11 is 0. The summed E-state index contributed by atoms with van der Waals surface area (Å²) in [4.78, 5) is 0. The first-order chi connectivity index (χ1) is 7.20. The highest BCUT2D eigenvalue weighted by molar-refractivity contribution is 5.52. The Bertz CT molecular complexity index is 440. The molecule has 15 heavy (non-hydrogen) atoms. The van der Waals surface area contributed by atoms with E-state index in [1.165, 1.54) is 22.3 Å². The third-order valence-electron chi connectivity index (χ3n) is 3.94. The Morgan fingerprint density at radius 1 is 1.20 bits per heavy atom. The maximum Gasteiger partial charge on any atom is 0.0717 e. The largest absolute Gasteiger partial charge is 0.392 e. The summed E-state index contributed by atoms with van der Waals surface area (Å²) in [7, 11) is 0. The van der Waals surface area contributed by atoms with E-state index in [2.05, 4.69) is 38.1 Å². The summed E-state index contributed by atoms with van der Waals surface area (Å²) in [6.07, 6.45) is 0.887. The first-order valence-electron chi connectivity index (χ1n) is 5.63. The van der Waals surface area contributed by atoms with Gasteiger partial charge in [-0.15, -0.1) is 0 Å². The molecule has 0 radical (unpaired) electrons. The van der Waals surface area contributed by atoms with Crippen molar-refractivity contribution in [1.82, 2.24) is 0 Å². The minimum Gasteiger partial charge on any atom is -0.392 e. The zero-order valence-electron chi connectivity index (χ0n) is 9.20. The molecule has 0 aromatic heterocycles. The molecule has 0 amide bonds. The maximum atomic E-state index is 10.2. The van der Waals surface area contributed by atoms with Gasteiger partial charge < -0.3 is 5.11 Å². The summed E-state index contributed by atoms with van der Waals surface area (Å²) in [5.41, 5.74) is 5.58. The van der Waals surface area contributed by atoms with Gasteiger partial charge in [-0.05, 0) is 31.4 Å². The van der Waals surface area contributed by atoms with E-state index in [-0.39, 0.29) is 12.0 Å². The van der Waals surface area contributed by atoms with E-state index in [0.717, 1.165) is 6.42 Å². The quantitative estimate of drug-likeness (QED) is 0.638. The Morgan fingerprint density at radius 3 is 2.53 bits per heavy atom. The van der Waals surface area contributed by atoms with Crippen LogP contribution in [0.2, 0.25) is 0 Å². The van der Waals surface area contributed by atoms with Gasteiger partial charge in [-0.3, -0.25) is 0 Å². The fraction of sp³-hybridized carbons (Fsp3) is 0.429. The minimum atomic E-state index is -0.174. The molecule has 0 saturated heterocycles. The van der Waals surface area contributed by atoms with Crippen molar-refractivity contribution >= 4 is 0 Å². The normalized spacial score (nSPS) is 31.9. The molecule has 2 aliphatic rings. The number of allylic oxidation sites excluding steroid dienone is 1. The summed E-state index contributed by atoms with van der Waals surface area (Å²) in [6, 6.07) is 8.50. The second-order valence-corrected chi connectivity index (χ2v) is 4.93. The van der Waals surface area contributed by atoms with Crippen LogP contribution in [-0.2, 0) is 0 Å². The van der Waals surface area contributed by atoms with Crippen molar-refractivity contribution in [3.8, 4) is 0 Å². The lowest BCUT2D eigenvalue weighted by molar-refractivity contribution is 0.163. The Hall–Kier alpha value is -1.08. The molecule has 78 valence electrons. The van der Waals surface area contributed by atoms with Gasteiger partial charge in [-0.1, -0.05) is 35.4 Å². The van der Waals surface area contributed by atoms with E-state index in [1.54, 1.807) is 0 Å². The molecule has 1 aromatic carbocycles. The number of hydrogen-bond donors (Lipinski definition) is 1. The summed E-state index contributed by atoms with van der Waals surface area (Å²) < 4.78 is 0. The first kappa shape index (κ1) is 9.17. The predicted molar refractivity (Wildman–Crippen MR) is 60.9 cm³/mol. The van der Waals surface area contributed by atoms with E-state index >= 15 is 0 Å². The predicted octanol–water partition coefficient (Wildman–Crippen LogP) is 2.97. The molecule has 1 nitrogen and oxygen atoms in total. The van der Waals surface area contributed by atoms with Crippen molar-refractivity contribution in [2.24, 2.45) is 0 Å². The molecule has 0 spiro atoms. The molecule has 0 unspecified atom stereocenters. The standard InChI is InChI=1S/C14H16O/c1-8(2)11-7-12-9-5-3-4-6-10(9)13(11)14(12)15/h3-6,12-15H,7H2,1-2H3/t12-,13-,14-/m0/s1. The number of aliphatic hydroxyl groups is 1. The molecule has 3 atom stereocenters. The van der Waals surface area contributed by atoms with Gasteiger partial charge in [0.1, 0.15) is 0 Å². The first-order valence-corrected chi connectivity index (χ1v) is 5.63. The molecule has 1 saturated carbocycles. The number of hydrogen-bond acceptors (Lipinski definition) is 1. The van der Waals surface area contributed by atoms with Gasteiger partial charge in [0.2, 0.25) is 0 Å². The van der Waals surface area contributed by atoms with Crippen molar-refractivity contribution in [3.63, 3.8) is 0 Å². The van der Waals surface area contributed by atoms with E-state index in [0.29, 0.717) is 5.92 Å². The van der Waals surface area contributed by atoms with Crippen LogP contribution in [0.25, 0.3) is 0 Å². The summed E-state index contributed by atoms with van der Waals surface area (Å²) in [6.45, 7) is 4.32. The van der Waals surface area contributed by atoms with Crippen LogP contribution in [0.1, 0.15) is 43.2 Å². The Morgan fingerprint density at radius 2 is 1.87 bits per heavy atom. The second-order valence-electron chi connectivity index (χ2n) is 4.93. The lowest BCUT2D eigenvalue weighted by Crippen LogP contribution is -2.09. The molecule has 0 heterocycles. The average Bonchev–Trinajstić information content (AvgIpc) is 2.70. The highest BCUT2D eigenvalue weighted by Crippen LogP contribution is 2.56. The van der Waals surface area contributed by atoms with Gasteiger partial charge in [0, 0.05) is 11.8 Å². The van der Waals surface area contributed by atoms with Crippen LogP contribution in [0, 0.1) is 0 Å². The highest BCUT2D eigenvalue weighted by Gasteiger charge is 2.47. The summed E-state index contributed by atoms with van der Waals surface area (Å²) in [5.74, 6) is 0.646. The molecular formula is C14H16O. The van der Waals surface area contributed by atoms with Gasteiger partial charge in [0.05, 0.1) is 6.10 Å². The van der Waals surface area contributed by atoms with E-state index < -0.39 is 0 Å². The zero-order valence-corrected chi connectivity index (χ0v) is 9.20. The Balaban J connectivity index is 2.19. The average molecular weight is 200 g/mol. The molecule has 3 rings (SSSR count). The lowest BCUT2D eigenvalue weighted by Gasteiger charge is -2.18. The zero-order chi connectivity index (χ0) is 10.6. The number of fused-ring (bicyclic) bond motifs is 5. The van der Waals surface area contributed by atoms with Crippen molar-refractivity contribution in [3.05, 3.63) is 46.5 Å². The number of benzene rings is 1. The third-order valence-corrected chi connectivity index (χ3v) is 3.94. The van der Waals surface area contributed by atoms with Crippen molar-refractivity contribution in [2.75, 3.05) is 0 Å². The summed E-state index contributed by atoms with van der Waals surface area (Å²) in [5, 5.41) is 10.2. The van der Waals surface area contributed by atoms with Crippen LogP contribution in [0.4, 0.5) is 0 Å². The van der Waals surface area contributed by atoms with Crippen LogP contribution in [-0.4, -0.2) is 11.2 Å². The van der Waals surface area contributed by atoms with Crippen molar-refractivity contribution in [1.29, 1.82) is 0 Å². The number of aliphatic hydroxyl groups excluding tert-OH is 1. The second kappa shape index (κ2) is 2.96. The molecule has 2 bridgehead atoms. The van der Waals surface area contributed by atoms with Crippen molar-refractivity contribution < 1.29 is 5.11 Å². The van der Waals surface area contributed by atoms with Crippen LogP contribution in [0.3, 0.4) is 0 Å². The fourth-order valence-electron chi connectivity index (χ4n) is 3.24. The van der Waals surface area contributed by atoms with Gasteiger partial charge in [0.25, 0.3) is 0 Å². The Kier molecular flexibility index (Phi) is 1.81. The molecule has 0 aliphatic heterocycles. The van der Waals surface area contributed by atoms with Gasteiger partial charge >= 0.3 is 0 Å². The van der Waals surface area contributed by atoms with Crippen LogP contribution in [0.5, 0.6) is 0 Å². The highest BCUT2D eigenvalue weighted by atomic mass is 16.3. The SMILES string of the molecule is CC(C)=C1C[C@H]2c3ccccc3[C@@H]1[C@H]2O. The third kappa shape index (κ3) is 1.07. The number of rotatable bonds is 0. The molecule has 1 N–H and O–H groups in total. The Labute approximate surface area is 90.4 Å². The van der Waals surface area contributed by atoms with Gasteiger partial charge in [-0.2, -0.15) is 0 Å². The molecule has 1 heteroatoms. The molecule has 1 fully saturated rings. The van der Waals surface area contributed by atoms with Crippen LogP contribution < -0.4 is 0 Å². The van der Waals surface area contributed by atoms with E-state index in [1.807, 2.05) is 0 Å². The van der Waals surface area contributed by atoms with Gasteiger partial charge in [-0.25, -0.2) is 0 Å². The van der Waals surface area contributed by atoms with Gasteiger partial charge in [0.15, 0.2) is 0 Å². The fourth-order valence-corrected chi connectivity index (χ4v) is 3.24. The van der Waals surface area contributed by atoms with Crippen LogP contribution >= 0.6 is 0 Å².